The number of benzene rings is 2. The Morgan fingerprint density at radius 3 is 2.28 bits per heavy atom. The number of halogens is 1. The number of aromatic hydroxyl groups is 1. The minimum Gasteiger partial charge on any atom is -0.508 e. The predicted molar refractivity (Wildman–Crippen MR) is 71.2 cm³/mol. The van der Waals surface area contributed by atoms with Crippen molar-refractivity contribution in [3.05, 3.63) is 65.7 Å². The third-order valence-corrected chi connectivity index (χ3v) is 2.71. The van der Waals surface area contributed by atoms with Crippen LogP contribution in [-0.2, 0) is 4.74 Å². The molecule has 0 fully saturated rings. The summed E-state index contributed by atoms with van der Waals surface area (Å²) >= 11 is 5.00. The Morgan fingerprint density at radius 1 is 1.06 bits per heavy atom. The summed E-state index contributed by atoms with van der Waals surface area (Å²) in [5.74, 6) is 0.126. The normalized spacial score (nSPS) is 11.8. The van der Waals surface area contributed by atoms with Crippen LogP contribution in [0, 0.1) is 0 Å². The zero-order valence-electron chi connectivity index (χ0n) is 9.42. The van der Waals surface area contributed by atoms with Crippen LogP contribution in [0.25, 0.3) is 0 Å². The fraction of sp³-hybridized carbons (Fsp3) is 0.0714. The summed E-state index contributed by atoms with van der Waals surface area (Å²) in [5.41, 5.74) is 0.972. The lowest BCUT2D eigenvalue weighted by molar-refractivity contribution is 0.0593. The first-order valence-electron chi connectivity index (χ1n) is 5.36. The van der Waals surface area contributed by atoms with Crippen LogP contribution >= 0.6 is 12.2 Å². The van der Waals surface area contributed by atoms with Crippen LogP contribution in [0.3, 0.4) is 0 Å². The van der Waals surface area contributed by atoms with Gasteiger partial charge in [0.2, 0.25) is 0 Å². The van der Waals surface area contributed by atoms with E-state index in [2.05, 4.69) is 0 Å². The molecule has 2 nitrogen and oxygen atoms in total. The van der Waals surface area contributed by atoms with Crippen molar-refractivity contribution in [1.82, 2.24) is 0 Å². The van der Waals surface area contributed by atoms with Crippen LogP contribution in [0.4, 0.5) is 4.39 Å². The van der Waals surface area contributed by atoms with E-state index in [1.807, 2.05) is 0 Å². The number of phenolic OH excluding ortho intramolecular Hbond substituents is 1. The average molecular weight is 262 g/mol. The van der Waals surface area contributed by atoms with Crippen molar-refractivity contribution in [2.75, 3.05) is 0 Å². The van der Waals surface area contributed by atoms with Gasteiger partial charge in [-0.3, -0.25) is 0 Å². The van der Waals surface area contributed by atoms with Gasteiger partial charge in [0.25, 0.3) is 6.36 Å². The molecule has 0 spiro atoms. The van der Waals surface area contributed by atoms with E-state index in [0.29, 0.717) is 11.1 Å². The maximum Gasteiger partial charge on any atom is 0.265 e. The molecule has 2 rings (SSSR count). The number of hydrogen-bond donors (Lipinski definition) is 1. The summed E-state index contributed by atoms with van der Waals surface area (Å²) in [7, 11) is 0. The molecule has 1 unspecified atom stereocenters. The van der Waals surface area contributed by atoms with E-state index < -0.39 is 6.36 Å². The molecule has 0 aliphatic heterocycles. The zero-order valence-corrected chi connectivity index (χ0v) is 10.2. The molecule has 0 heterocycles. The topological polar surface area (TPSA) is 29.5 Å². The summed E-state index contributed by atoms with van der Waals surface area (Å²) < 4.78 is 18.8. The largest absolute Gasteiger partial charge is 0.508 e. The van der Waals surface area contributed by atoms with Crippen molar-refractivity contribution < 1.29 is 14.2 Å². The molecule has 0 saturated carbocycles. The van der Waals surface area contributed by atoms with Crippen molar-refractivity contribution in [2.24, 2.45) is 0 Å². The molecule has 0 bridgehead atoms. The minimum atomic E-state index is -1.59. The van der Waals surface area contributed by atoms with Gasteiger partial charge in [0.15, 0.2) is 5.05 Å². The van der Waals surface area contributed by atoms with Gasteiger partial charge in [-0.1, -0.05) is 30.3 Å². The summed E-state index contributed by atoms with van der Waals surface area (Å²) in [4.78, 5) is 0. The Kier molecular flexibility index (Phi) is 3.89. The monoisotopic (exact) mass is 262 g/mol. The van der Waals surface area contributed by atoms with Gasteiger partial charge in [-0.25, -0.2) is 0 Å². The molecule has 0 aliphatic carbocycles. The van der Waals surface area contributed by atoms with Crippen LogP contribution in [0.1, 0.15) is 17.5 Å². The number of phenols is 1. The van der Waals surface area contributed by atoms with Crippen molar-refractivity contribution in [1.29, 1.82) is 0 Å². The van der Waals surface area contributed by atoms with Crippen molar-refractivity contribution in [3.8, 4) is 5.75 Å². The molecule has 0 saturated heterocycles. The van der Waals surface area contributed by atoms with Gasteiger partial charge in [-0.2, -0.15) is 4.39 Å². The Bertz CT molecular complexity index is 525. The SMILES string of the molecule is Oc1ccc(C(=S)OC(F)c2ccccc2)cc1. The first-order valence-corrected chi connectivity index (χ1v) is 5.76. The fourth-order valence-electron chi connectivity index (χ4n) is 1.43. The van der Waals surface area contributed by atoms with E-state index in [1.54, 1.807) is 42.5 Å². The number of alkyl halides is 1. The molecule has 92 valence electrons. The lowest BCUT2D eigenvalue weighted by Crippen LogP contribution is -2.06. The third kappa shape index (κ3) is 3.05. The number of rotatable bonds is 3. The van der Waals surface area contributed by atoms with Gasteiger partial charge in [0, 0.05) is 11.1 Å². The quantitative estimate of drug-likeness (QED) is 0.854. The van der Waals surface area contributed by atoms with E-state index >= 15 is 0 Å². The zero-order chi connectivity index (χ0) is 13.0. The van der Waals surface area contributed by atoms with Crippen LogP contribution in [0.15, 0.2) is 54.6 Å². The molecule has 2 aromatic carbocycles. The summed E-state index contributed by atoms with van der Waals surface area (Å²) in [6.07, 6.45) is -1.59. The van der Waals surface area contributed by atoms with Gasteiger partial charge in [-0.15, -0.1) is 0 Å². The van der Waals surface area contributed by atoms with Crippen molar-refractivity contribution >= 4 is 17.3 Å². The smallest absolute Gasteiger partial charge is 0.265 e. The first-order chi connectivity index (χ1) is 8.66. The maximum absolute atomic E-state index is 13.8. The van der Waals surface area contributed by atoms with E-state index in [0.717, 1.165) is 0 Å². The molecular weight excluding hydrogens is 251 g/mol. The van der Waals surface area contributed by atoms with Gasteiger partial charge in [0.1, 0.15) is 5.75 Å². The molecule has 1 atom stereocenters. The lowest BCUT2D eigenvalue weighted by Gasteiger charge is -2.12. The average Bonchev–Trinajstić information content (AvgIpc) is 2.40. The second-order valence-electron chi connectivity index (χ2n) is 3.68. The molecule has 0 aliphatic rings. The lowest BCUT2D eigenvalue weighted by atomic mass is 10.2. The van der Waals surface area contributed by atoms with E-state index in [-0.39, 0.29) is 10.8 Å². The number of ether oxygens (including phenoxy) is 1. The Morgan fingerprint density at radius 2 is 1.67 bits per heavy atom. The van der Waals surface area contributed by atoms with Gasteiger partial charge in [-0.05, 0) is 36.5 Å². The van der Waals surface area contributed by atoms with Crippen LogP contribution in [-0.4, -0.2) is 10.2 Å². The minimum absolute atomic E-state index is 0.0614. The van der Waals surface area contributed by atoms with Gasteiger partial charge in [0.05, 0.1) is 0 Å². The highest BCUT2D eigenvalue weighted by Crippen LogP contribution is 2.21. The molecule has 1 N–H and O–H groups in total. The molecule has 0 amide bonds. The van der Waals surface area contributed by atoms with E-state index in [1.165, 1.54) is 12.1 Å². The second-order valence-corrected chi connectivity index (χ2v) is 4.05. The summed E-state index contributed by atoms with van der Waals surface area (Å²) in [6, 6.07) is 14.6. The van der Waals surface area contributed by atoms with E-state index in [9.17, 15) is 4.39 Å². The molecule has 18 heavy (non-hydrogen) atoms. The second kappa shape index (κ2) is 5.60. The standard InChI is InChI=1S/C14H11FO2S/c15-13(10-4-2-1-3-5-10)17-14(18)11-6-8-12(16)9-7-11/h1-9,13,16H. The van der Waals surface area contributed by atoms with Crippen LogP contribution in [0.2, 0.25) is 0 Å². The van der Waals surface area contributed by atoms with E-state index in [4.69, 9.17) is 22.1 Å². The highest BCUT2D eigenvalue weighted by atomic mass is 32.1. The summed E-state index contributed by atoms with van der Waals surface area (Å²) in [5, 5.41) is 9.20. The third-order valence-electron chi connectivity index (χ3n) is 2.38. The first kappa shape index (κ1) is 12.5. The molecular formula is C14H11FO2S. The van der Waals surface area contributed by atoms with Crippen molar-refractivity contribution in [3.63, 3.8) is 0 Å². The maximum atomic E-state index is 13.8. The Hall–Kier alpha value is -1.94. The number of thiocarbonyl (C=S) groups is 1. The van der Waals surface area contributed by atoms with Gasteiger partial charge < -0.3 is 9.84 Å². The number of hydrogen-bond acceptors (Lipinski definition) is 3. The fourth-order valence-corrected chi connectivity index (χ4v) is 1.65. The van der Waals surface area contributed by atoms with Crippen LogP contribution in [0.5, 0.6) is 5.75 Å². The molecule has 2 aromatic rings. The van der Waals surface area contributed by atoms with Crippen molar-refractivity contribution in [2.45, 2.75) is 6.36 Å². The molecule has 0 aromatic heterocycles. The Labute approximate surface area is 110 Å². The highest BCUT2D eigenvalue weighted by molar-refractivity contribution is 7.80. The predicted octanol–water partition coefficient (Wildman–Crippen LogP) is 3.75. The van der Waals surface area contributed by atoms with Gasteiger partial charge >= 0.3 is 0 Å². The Balaban J connectivity index is 2.06. The highest BCUT2D eigenvalue weighted by Gasteiger charge is 2.13. The van der Waals surface area contributed by atoms with Crippen LogP contribution < -0.4 is 0 Å². The molecule has 0 radical (unpaired) electrons. The summed E-state index contributed by atoms with van der Waals surface area (Å²) in [6.45, 7) is 0. The molecule has 4 heteroatoms.